The van der Waals surface area contributed by atoms with Gasteiger partial charge in [0, 0.05) is 10.6 Å². The summed E-state index contributed by atoms with van der Waals surface area (Å²) < 4.78 is 10.8. The molecule has 0 radical (unpaired) electrons. The number of benzene rings is 1. The van der Waals surface area contributed by atoms with Gasteiger partial charge in [0.1, 0.15) is 6.61 Å². The molecule has 4 nitrogen and oxygen atoms in total. The summed E-state index contributed by atoms with van der Waals surface area (Å²) in [6.07, 6.45) is 5.31. The van der Waals surface area contributed by atoms with Gasteiger partial charge in [0.2, 0.25) is 0 Å². The molecule has 4 aliphatic carbocycles. The Balaban J connectivity index is 1.52. The fourth-order valence-corrected chi connectivity index (χ4v) is 4.81. The summed E-state index contributed by atoms with van der Waals surface area (Å²) >= 11 is 6.13. The van der Waals surface area contributed by atoms with E-state index in [4.69, 9.17) is 21.1 Å². The van der Waals surface area contributed by atoms with Gasteiger partial charge in [0.05, 0.1) is 18.4 Å². The van der Waals surface area contributed by atoms with Crippen molar-refractivity contribution in [3.63, 3.8) is 0 Å². The Hall–Kier alpha value is -1.81. The highest BCUT2D eigenvalue weighted by Gasteiger charge is 2.63. The minimum Gasteiger partial charge on any atom is -0.466 e. The topological polar surface area (TPSA) is 52.6 Å². The van der Waals surface area contributed by atoms with Crippen LogP contribution in [-0.2, 0) is 25.7 Å². The van der Waals surface area contributed by atoms with E-state index in [1.165, 1.54) is 0 Å². The van der Waals surface area contributed by atoms with Crippen molar-refractivity contribution in [1.82, 2.24) is 0 Å². The quantitative estimate of drug-likeness (QED) is 0.594. The van der Waals surface area contributed by atoms with Crippen molar-refractivity contribution >= 4 is 23.5 Å². The van der Waals surface area contributed by atoms with E-state index < -0.39 is 11.8 Å². The summed E-state index contributed by atoms with van der Waals surface area (Å²) in [5, 5.41) is 0.574. The first kappa shape index (κ1) is 16.6. The largest absolute Gasteiger partial charge is 0.466 e. The Bertz CT molecular complexity index is 728. The van der Waals surface area contributed by atoms with Crippen LogP contribution >= 0.6 is 11.6 Å². The molecule has 5 heteroatoms. The first-order valence-corrected chi connectivity index (χ1v) is 9.24. The van der Waals surface area contributed by atoms with Crippen LogP contribution in [0.1, 0.15) is 18.9 Å². The van der Waals surface area contributed by atoms with Crippen LogP contribution in [0.3, 0.4) is 0 Å². The van der Waals surface area contributed by atoms with E-state index >= 15 is 0 Å². The molecule has 0 saturated heterocycles. The Kier molecular flexibility index (Phi) is 4.32. The van der Waals surface area contributed by atoms with Gasteiger partial charge in [-0.25, -0.2) is 0 Å². The molecule has 0 amide bonds. The van der Waals surface area contributed by atoms with E-state index in [0.717, 1.165) is 12.0 Å². The number of esters is 2. The van der Waals surface area contributed by atoms with Gasteiger partial charge in [-0.1, -0.05) is 42.0 Å². The lowest BCUT2D eigenvalue weighted by Gasteiger charge is -2.41. The van der Waals surface area contributed by atoms with Crippen LogP contribution in [0.25, 0.3) is 0 Å². The molecule has 0 spiro atoms. The molecule has 25 heavy (non-hydrogen) atoms. The lowest BCUT2D eigenvalue weighted by atomic mass is 9.62. The summed E-state index contributed by atoms with van der Waals surface area (Å²) in [6, 6.07) is 7.30. The monoisotopic (exact) mass is 360 g/mol. The van der Waals surface area contributed by atoms with Gasteiger partial charge < -0.3 is 9.47 Å². The van der Waals surface area contributed by atoms with Crippen molar-refractivity contribution < 1.29 is 19.1 Å². The molecule has 1 aromatic carbocycles. The number of fused-ring (bicyclic) bond motifs is 1. The number of ether oxygens (including phenoxy) is 2. The second-order valence-electron chi connectivity index (χ2n) is 7.11. The van der Waals surface area contributed by atoms with Gasteiger partial charge in [-0.05, 0) is 43.1 Å². The third-order valence-corrected chi connectivity index (χ3v) is 6.18. The molecule has 4 aliphatic rings. The highest BCUT2D eigenvalue weighted by atomic mass is 35.5. The molecule has 0 aromatic heterocycles. The SMILES string of the molecule is CCOC(=O)[C@@H]1[C@H]2C=C[C@H]([C@H]3C[C@H]23)[C@@H]1C(=O)OCc1ccccc1Cl. The molecule has 0 aliphatic heterocycles. The Morgan fingerprint density at radius 2 is 1.64 bits per heavy atom. The number of hydrogen-bond acceptors (Lipinski definition) is 4. The zero-order chi connectivity index (χ0) is 17.6. The van der Waals surface area contributed by atoms with E-state index in [0.29, 0.717) is 23.5 Å². The third-order valence-electron chi connectivity index (χ3n) is 5.81. The summed E-state index contributed by atoms with van der Waals surface area (Å²) in [7, 11) is 0. The summed E-state index contributed by atoms with van der Waals surface area (Å²) in [6.45, 7) is 2.24. The van der Waals surface area contributed by atoms with Gasteiger partial charge in [0.15, 0.2) is 0 Å². The van der Waals surface area contributed by atoms with Crippen molar-refractivity contribution in [2.45, 2.75) is 20.0 Å². The molecule has 0 N–H and O–H groups in total. The maximum atomic E-state index is 12.8. The van der Waals surface area contributed by atoms with Crippen LogP contribution in [0, 0.1) is 35.5 Å². The molecular weight excluding hydrogens is 340 g/mol. The first-order chi connectivity index (χ1) is 12.1. The van der Waals surface area contributed by atoms with Crippen LogP contribution in [0.5, 0.6) is 0 Å². The number of carbonyl (C=O) groups excluding carboxylic acids is 2. The number of hydrogen-bond donors (Lipinski definition) is 0. The molecular formula is C20H21ClO4. The zero-order valence-electron chi connectivity index (χ0n) is 14.1. The fraction of sp³-hybridized carbons (Fsp3) is 0.500. The van der Waals surface area contributed by atoms with Gasteiger partial charge in [-0.15, -0.1) is 0 Å². The van der Waals surface area contributed by atoms with Gasteiger partial charge in [0.25, 0.3) is 0 Å². The Labute approximate surface area is 152 Å². The van der Waals surface area contributed by atoms with Crippen LogP contribution in [0.2, 0.25) is 5.02 Å². The minimum absolute atomic E-state index is 0.0863. The molecule has 6 atom stereocenters. The molecule has 5 rings (SSSR count). The first-order valence-electron chi connectivity index (χ1n) is 8.86. The molecule has 0 unspecified atom stereocenters. The zero-order valence-corrected chi connectivity index (χ0v) is 14.8. The van der Waals surface area contributed by atoms with Gasteiger partial charge in [-0.2, -0.15) is 0 Å². The van der Waals surface area contributed by atoms with E-state index in [1.54, 1.807) is 13.0 Å². The highest BCUT2D eigenvalue weighted by molar-refractivity contribution is 6.31. The van der Waals surface area contributed by atoms with Crippen LogP contribution < -0.4 is 0 Å². The van der Waals surface area contributed by atoms with Crippen LogP contribution in [-0.4, -0.2) is 18.5 Å². The maximum absolute atomic E-state index is 12.8. The summed E-state index contributed by atoms with van der Waals surface area (Å²) in [5.74, 6) is -0.224. The van der Waals surface area contributed by atoms with Gasteiger partial charge in [-0.3, -0.25) is 9.59 Å². The fourth-order valence-electron chi connectivity index (χ4n) is 4.62. The average Bonchev–Trinajstić information content (AvgIpc) is 3.43. The third kappa shape index (κ3) is 2.86. The second-order valence-corrected chi connectivity index (χ2v) is 7.51. The highest BCUT2D eigenvalue weighted by Crippen LogP contribution is 2.63. The number of halogens is 1. The smallest absolute Gasteiger partial charge is 0.310 e. The lowest BCUT2D eigenvalue weighted by Crippen LogP contribution is -2.47. The second kappa shape index (κ2) is 6.49. The van der Waals surface area contributed by atoms with E-state index in [2.05, 4.69) is 12.2 Å². The Morgan fingerprint density at radius 1 is 1.04 bits per heavy atom. The van der Waals surface area contributed by atoms with E-state index in [1.807, 2.05) is 18.2 Å². The van der Waals surface area contributed by atoms with E-state index in [-0.39, 0.29) is 30.4 Å². The molecule has 2 saturated carbocycles. The van der Waals surface area contributed by atoms with Crippen LogP contribution in [0.4, 0.5) is 0 Å². The van der Waals surface area contributed by atoms with Crippen LogP contribution in [0.15, 0.2) is 36.4 Å². The predicted molar refractivity (Wildman–Crippen MR) is 92.6 cm³/mol. The lowest BCUT2D eigenvalue weighted by molar-refractivity contribution is -0.168. The summed E-state index contributed by atoms with van der Waals surface area (Å²) in [5.41, 5.74) is 0.769. The van der Waals surface area contributed by atoms with Crippen molar-refractivity contribution in [2.75, 3.05) is 6.61 Å². The number of rotatable bonds is 5. The predicted octanol–water partition coefficient (Wildman–Crippen LogP) is 3.63. The maximum Gasteiger partial charge on any atom is 0.310 e. The molecule has 1 aromatic rings. The van der Waals surface area contributed by atoms with Crippen molar-refractivity contribution in [3.05, 3.63) is 47.0 Å². The summed E-state index contributed by atoms with van der Waals surface area (Å²) in [4.78, 5) is 25.4. The molecule has 2 fully saturated rings. The van der Waals surface area contributed by atoms with E-state index in [9.17, 15) is 9.59 Å². The van der Waals surface area contributed by atoms with Gasteiger partial charge >= 0.3 is 11.9 Å². The molecule has 2 bridgehead atoms. The van der Waals surface area contributed by atoms with Crippen molar-refractivity contribution in [2.24, 2.45) is 35.5 Å². The molecule has 0 heterocycles. The minimum atomic E-state index is -0.444. The van der Waals surface area contributed by atoms with Crippen molar-refractivity contribution in [3.8, 4) is 0 Å². The Morgan fingerprint density at radius 3 is 2.24 bits per heavy atom. The number of carbonyl (C=O) groups is 2. The normalized spacial score (nSPS) is 34.3. The standard InChI is InChI=1S/C20H21ClO4/c1-2-24-19(22)17-12-7-8-13(15-9-14(12)15)18(17)20(23)25-10-11-5-3-4-6-16(11)21/h3-8,12-15,17-18H,2,9-10H2,1H3/t12-,13+,14+,15+,17+,18-/m0/s1. The molecule has 132 valence electrons. The number of allylic oxidation sites excluding steroid dienone is 2. The van der Waals surface area contributed by atoms with Crippen molar-refractivity contribution in [1.29, 1.82) is 0 Å². The average molecular weight is 361 g/mol.